The molecule has 0 bridgehead atoms. The normalized spacial score (nSPS) is 17.7. The van der Waals surface area contributed by atoms with Crippen molar-refractivity contribution in [2.75, 3.05) is 6.54 Å². The van der Waals surface area contributed by atoms with Crippen molar-refractivity contribution in [3.05, 3.63) is 112 Å². The third-order valence-corrected chi connectivity index (χ3v) is 6.31. The van der Waals surface area contributed by atoms with Crippen LogP contribution < -0.4 is 0 Å². The number of Topliss-reactive ketones (excluding diaryl/α,β-unsaturated/α-hetero) is 1. The Kier molecular flexibility index (Phi) is 6.66. The van der Waals surface area contributed by atoms with E-state index in [9.17, 15) is 14.7 Å². The van der Waals surface area contributed by atoms with Gasteiger partial charge in [-0.2, -0.15) is 0 Å². The van der Waals surface area contributed by atoms with E-state index >= 15 is 0 Å². The van der Waals surface area contributed by atoms with Crippen molar-refractivity contribution in [1.29, 1.82) is 0 Å². The number of carbonyl (C=O) groups is 2. The van der Waals surface area contributed by atoms with Gasteiger partial charge >= 0.3 is 0 Å². The quantitative estimate of drug-likeness (QED) is 0.274. The summed E-state index contributed by atoms with van der Waals surface area (Å²) in [5.74, 6) is -1.10. The smallest absolute Gasteiger partial charge is 0.295 e. The summed E-state index contributed by atoms with van der Waals surface area (Å²) < 4.78 is 0. The number of hydrogen-bond acceptors (Lipinski definition) is 3. The molecule has 1 aliphatic rings. The van der Waals surface area contributed by atoms with Crippen LogP contribution in [0.15, 0.2) is 84.4 Å². The van der Waals surface area contributed by atoms with Crippen molar-refractivity contribution in [3.8, 4) is 0 Å². The van der Waals surface area contributed by atoms with Crippen LogP contribution in [-0.4, -0.2) is 28.2 Å². The van der Waals surface area contributed by atoms with E-state index in [0.717, 1.165) is 16.7 Å². The minimum atomic E-state index is -0.673. The van der Waals surface area contributed by atoms with Gasteiger partial charge in [-0.1, -0.05) is 80.0 Å². The van der Waals surface area contributed by atoms with Gasteiger partial charge in [0, 0.05) is 17.1 Å². The van der Waals surface area contributed by atoms with Crippen molar-refractivity contribution in [2.45, 2.75) is 32.2 Å². The number of nitrogens with zero attached hydrogens (tertiary/aromatic N) is 1. The minimum Gasteiger partial charge on any atom is -0.507 e. The standard InChI is InChI=1S/C28H26ClNO3/c1-18(2)20-8-10-21(11-9-20)25-24(26(31)22-12-14-23(29)15-13-22)27(32)28(33)30(25)17-16-19-6-4-3-5-7-19/h3-15,18,25,31H,16-17H2,1-2H3. The van der Waals surface area contributed by atoms with Gasteiger partial charge in [0.25, 0.3) is 11.7 Å². The molecule has 4 nitrogen and oxygen atoms in total. The third kappa shape index (κ3) is 4.71. The molecule has 0 radical (unpaired) electrons. The van der Waals surface area contributed by atoms with Gasteiger partial charge in [-0.05, 0) is 53.3 Å². The second kappa shape index (κ2) is 9.63. The van der Waals surface area contributed by atoms with Crippen molar-refractivity contribution in [2.24, 2.45) is 0 Å². The molecule has 0 aliphatic carbocycles. The number of amides is 1. The molecule has 0 aromatic heterocycles. The molecule has 3 aromatic carbocycles. The highest BCUT2D eigenvalue weighted by molar-refractivity contribution is 6.46. The molecule has 33 heavy (non-hydrogen) atoms. The maximum Gasteiger partial charge on any atom is 0.295 e. The number of carbonyl (C=O) groups excluding carboxylic acids is 2. The maximum absolute atomic E-state index is 13.1. The molecule has 168 valence electrons. The molecular formula is C28H26ClNO3. The topological polar surface area (TPSA) is 57.6 Å². The fraction of sp³-hybridized carbons (Fsp3) is 0.214. The highest BCUT2D eigenvalue weighted by atomic mass is 35.5. The molecule has 1 fully saturated rings. The van der Waals surface area contributed by atoms with Crippen molar-refractivity contribution < 1.29 is 14.7 Å². The molecule has 1 heterocycles. The number of benzene rings is 3. The van der Waals surface area contributed by atoms with E-state index in [2.05, 4.69) is 13.8 Å². The SMILES string of the molecule is CC(C)c1ccc(C2C(=C(O)c3ccc(Cl)cc3)C(=O)C(=O)N2CCc2ccccc2)cc1. The van der Waals surface area contributed by atoms with Gasteiger partial charge < -0.3 is 10.0 Å². The Morgan fingerprint density at radius 3 is 2.18 bits per heavy atom. The van der Waals surface area contributed by atoms with Crippen LogP contribution in [0.25, 0.3) is 5.76 Å². The zero-order valence-corrected chi connectivity index (χ0v) is 19.4. The molecular weight excluding hydrogens is 434 g/mol. The summed E-state index contributed by atoms with van der Waals surface area (Å²) in [6, 6.07) is 23.7. The number of rotatable bonds is 6. The first-order valence-electron chi connectivity index (χ1n) is 11.0. The number of likely N-dealkylation sites (tertiary alicyclic amines) is 1. The molecule has 1 aliphatic heterocycles. The van der Waals surface area contributed by atoms with Crippen LogP contribution in [0, 0.1) is 0 Å². The Balaban J connectivity index is 1.78. The molecule has 4 rings (SSSR count). The first kappa shape index (κ1) is 22.8. The van der Waals surface area contributed by atoms with E-state index in [-0.39, 0.29) is 11.3 Å². The van der Waals surface area contributed by atoms with Crippen LogP contribution in [0.3, 0.4) is 0 Å². The lowest BCUT2D eigenvalue weighted by molar-refractivity contribution is -0.139. The van der Waals surface area contributed by atoms with Gasteiger partial charge in [-0.15, -0.1) is 0 Å². The number of ketones is 1. The van der Waals surface area contributed by atoms with E-state index in [0.29, 0.717) is 29.5 Å². The summed E-state index contributed by atoms with van der Waals surface area (Å²) in [7, 11) is 0. The van der Waals surface area contributed by atoms with E-state index in [1.165, 1.54) is 0 Å². The zero-order chi connectivity index (χ0) is 23.5. The van der Waals surface area contributed by atoms with Crippen molar-refractivity contribution in [3.63, 3.8) is 0 Å². The minimum absolute atomic E-state index is 0.104. The predicted octanol–water partition coefficient (Wildman–Crippen LogP) is 6.13. The van der Waals surface area contributed by atoms with Gasteiger partial charge in [0.15, 0.2) is 0 Å². The lowest BCUT2D eigenvalue weighted by Gasteiger charge is -2.26. The Hall–Kier alpha value is -3.37. The largest absolute Gasteiger partial charge is 0.507 e. The summed E-state index contributed by atoms with van der Waals surface area (Å²) >= 11 is 5.99. The van der Waals surface area contributed by atoms with Gasteiger partial charge in [-0.3, -0.25) is 9.59 Å². The lowest BCUT2D eigenvalue weighted by Crippen LogP contribution is -2.31. The monoisotopic (exact) mass is 459 g/mol. The molecule has 3 aromatic rings. The van der Waals surface area contributed by atoms with Crippen LogP contribution in [-0.2, 0) is 16.0 Å². The van der Waals surface area contributed by atoms with Gasteiger partial charge in [0.05, 0.1) is 11.6 Å². The van der Waals surface area contributed by atoms with Crippen LogP contribution in [0.4, 0.5) is 0 Å². The van der Waals surface area contributed by atoms with E-state index in [4.69, 9.17) is 11.6 Å². The highest BCUT2D eigenvalue weighted by Crippen LogP contribution is 2.40. The van der Waals surface area contributed by atoms with E-state index < -0.39 is 17.7 Å². The summed E-state index contributed by atoms with van der Waals surface area (Å²) in [5, 5.41) is 11.6. The second-order valence-electron chi connectivity index (χ2n) is 8.56. The molecule has 5 heteroatoms. The van der Waals surface area contributed by atoms with Crippen LogP contribution >= 0.6 is 11.6 Å². The Bertz CT molecular complexity index is 1180. The Morgan fingerprint density at radius 1 is 0.939 bits per heavy atom. The molecule has 1 amide bonds. The fourth-order valence-electron chi connectivity index (χ4n) is 4.18. The fourth-order valence-corrected chi connectivity index (χ4v) is 4.30. The first-order valence-corrected chi connectivity index (χ1v) is 11.4. The molecule has 1 unspecified atom stereocenters. The predicted molar refractivity (Wildman–Crippen MR) is 131 cm³/mol. The lowest BCUT2D eigenvalue weighted by atomic mass is 9.93. The van der Waals surface area contributed by atoms with Crippen LogP contribution in [0.5, 0.6) is 0 Å². The third-order valence-electron chi connectivity index (χ3n) is 6.06. The van der Waals surface area contributed by atoms with Crippen molar-refractivity contribution in [1.82, 2.24) is 4.90 Å². The molecule has 1 atom stereocenters. The second-order valence-corrected chi connectivity index (χ2v) is 8.99. The van der Waals surface area contributed by atoms with Crippen molar-refractivity contribution >= 4 is 29.1 Å². The van der Waals surface area contributed by atoms with Gasteiger partial charge in [-0.25, -0.2) is 0 Å². The van der Waals surface area contributed by atoms with Gasteiger partial charge in [0.1, 0.15) is 5.76 Å². The number of halogens is 1. The zero-order valence-electron chi connectivity index (χ0n) is 18.7. The van der Waals surface area contributed by atoms with E-state index in [1.54, 1.807) is 29.2 Å². The number of hydrogen-bond donors (Lipinski definition) is 1. The van der Waals surface area contributed by atoms with Gasteiger partial charge in [0.2, 0.25) is 0 Å². The summed E-state index contributed by atoms with van der Waals surface area (Å²) in [5.41, 5.74) is 3.59. The highest BCUT2D eigenvalue weighted by Gasteiger charge is 2.45. The summed E-state index contributed by atoms with van der Waals surface area (Å²) in [4.78, 5) is 27.8. The molecule has 0 spiro atoms. The molecule has 1 saturated heterocycles. The number of aliphatic hydroxyl groups excluding tert-OH is 1. The first-order chi connectivity index (χ1) is 15.9. The summed E-state index contributed by atoms with van der Waals surface area (Å²) in [6.07, 6.45) is 0.607. The Labute approximate surface area is 199 Å². The Morgan fingerprint density at radius 2 is 1.58 bits per heavy atom. The molecule has 1 N–H and O–H groups in total. The molecule has 0 saturated carbocycles. The van der Waals surface area contributed by atoms with Crippen LogP contribution in [0.2, 0.25) is 5.02 Å². The average Bonchev–Trinajstić information content (AvgIpc) is 3.08. The van der Waals surface area contributed by atoms with Crippen LogP contribution in [0.1, 0.15) is 48.1 Å². The average molecular weight is 460 g/mol. The van der Waals surface area contributed by atoms with E-state index in [1.807, 2.05) is 54.6 Å². The maximum atomic E-state index is 13.1. The summed E-state index contributed by atoms with van der Waals surface area (Å²) in [6.45, 7) is 4.59. The number of aliphatic hydroxyl groups is 1.